The van der Waals surface area contributed by atoms with E-state index < -0.39 is 14.0 Å². The standard InChI is InChI=1S/C23H22O3S.F6P/c1-18-7-5-6-10-20(18)15-16-27-22-13-11-21(12-14-22)26-23(24)25-17-19-8-3-2-4-9-19;1-7(2,3,4,5)6/h2-14H,15-17H2,1H3;/q;-1/p+1. The Hall–Kier alpha value is -2.71. The van der Waals surface area contributed by atoms with E-state index in [1.54, 1.807) is 11.8 Å². The summed E-state index contributed by atoms with van der Waals surface area (Å²) in [7, 11) is -10.7. The minimum atomic E-state index is -10.7. The Morgan fingerprint density at radius 2 is 1.38 bits per heavy atom. The average Bonchev–Trinajstić information content (AvgIpc) is 2.73. The zero-order chi connectivity index (χ0) is 25.3. The van der Waals surface area contributed by atoms with Gasteiger partial charge in [0.15, 0.2) is 6.61 Å². The van der Waals surface area contributed by atoms with E-state index in [4.69, 9.17) is 9.47 Å². The molecule has 0 amide bonds. The van der Waals surface area contributed by atoms with Crippen LogP contribution in [0, 0.1) is 6.92 Å². The zero-order valence-corrected chi connectivity index (χ0v) is 19.7. The molecule has 186 valence electrons. The third-order valence-corrected chi connectivity index (χ3v) is 5.15. The normalized spacial score (nSPS) is 13.0. The van der Waals surface area contributed by atoms with Crippen LogP contribution in [0.3, 0.4) is 0 Å². The van der Waals surface area contributed by atoms with Crippen molar-refractivity contribution in [3.8, 4) is 5.75 Å². The van der Waals surface area contributed by atoms with Gasteiger partial charge >= 0.3 is 39.1 Å². The number of thioether (sulfide) groups is 1. The number of benzene rings is 3. The summed E-state index contributed by atoms with van der Waals surface area (Å²) in [5, 5.41) is 0. The molecular weight excluding hydrogens is 501 g/mol. The molecule has 3 aromatic rings. The van der Waals surface area contributed by atoms with Crippen LogP contribution >= 0.6 is 19.6 Å². The van der Waals surface area contributed by atoms with Crippen LogP contribution < -0.4 is 4.74 Å². The van der Waals surface area contributed by atoms with E-state index in [9.17, 15) is 30.0 Å². The van der Waals surface area contributed by atoms with Crippen molar-refractivity contribution in [1.82, 2.24) is 0 Å². The van der Waals surface area contributed by atoms with Crippen LogP contribution in [-0.2, 0) is 17.8 Å². The predicted octanol–water partition coefficient (Wildman–Crippen LogP) is 8.77. The van der Waals surface area contributed by atoms with Crippen molar-refractivity contribution in [2.75, 3.05) is 5.75 Å². The molecule has 0 heterocycles. The van der Waals surface area contributed by atoms with Crippen molar-refractivity contribution >= 4 is 25.7 Å². The molecular formula is C23H23F6O3PS. The van der Waals surface area contributed by atoms with Crippen molar-refractivity contribution in [2.24, 2.45) is 0 Å². The van der Waals surface area contributed by atoms with Crippen LogP contribution in [0.4, 0.5) is 25.2 Å². The fourth-order valence-corrected chi connectivity index (χ4v) is 3.51. The van der Waals surface area contributed by atoms with Crippen LogP contribution in [0.5, 0.6) is 5.75 Å². The first kappa shape index (κ1) is 27.5. The number of halogens is 6. The van der Waals surface area contributed by atoms with Gasteiger partial charge in [0.05, 0.1) is 0 Å². The summed E-state index contributed by atoms with van der Waals surface area (Å²) in [4.78, 5) is 11.0. The number of ether oxygens (including phenoxy) is 2. The maximum atomic E-state index is 9.87. The van der Waals surface area contributed by atoms with Gasteiger partial charge in [0.25, 0.3) is 0 Å². The summed E-state index contributed by atoms with van der Waals surface area (Å²) in [5.74, 6) is 1.56. The van der Waals surface area contributed by atoms with Gasteiger partial charge in [-0.1, -0.05) is 54.6 Å². The molecule has 1 N–H and O–H groups in total. The van der Waals surface area contributed by atoms with Crippen LogP contribution in [0.25, 0.3) is 0 Å². The number of hydrogen-bond acceptors (Lipinski definition) is 3. The quantitative estimate of drug-likeness (QED) is 0.0775. The Morgan fingerprint density at radius 3 is 1.97 bits per heavy atom. The molecule has 0 aliphatic carbocycles. The Balaban J connectivity index is 0.000000509. The second-order valence-corrected chi connectivity index (χ2v) is 10.2. The maximum absolute atomic E-state index is 10.7. The van der Waals surface area contributed by atoms with E-state index in [0.717, 1.165) is 17.7 Å². The average molecular weight is 524 g/mol. The number of aryl methyl sites for hydroxylation is 2. The second-order valence-electron chi connectivity index (χ2n) is 7.10. The van der Waals surface area contributed by atoms with E-state index in [0.29, 0.717) is 5.75 Å². The molecule has 0 radical (unpaired) electrons. The van der Waals surface area contributed by atoms with E-state index >= 15 is 0 Å². The predicted molar refractivity (Wildman–Crippen MR) is 124 cm³/mol. The van der Waals surface area contributed by atoms with Gasteiger partial charge in [0.1, 0.15) is 0 Å². The van der Waals surface area contributed by atoms with Crippen molar-refractivity contribution in [2.45, 2.75) is 24.8 Å². The van der Waals surface area contributed by atoms with Crippen molar-refractivity contribution in [3.63, 3.8) is 0 Å². The molecule has 0 aromatic heterocycles. The molecule has 0 aliphatic heterocycles. The third-order valence-electron chi connectivity index (χ3n) is 4.14. The van der Waals surface area contributed by atoms with Gasteiger partial charge in [0.2, 0.25) is 5.75 Å². The molecule has 0 bridgehead atoms. The van der Waals surface area contributed by atoms with E-state index in [-0.39, 0.29) is 6.61 Å². The number of rotatable bonds is 7. The molecule has 3 nitrogen and oxygen atoms in total. The molecule has 11 heteroatoms. The van der Waals surface area contributed by atoms with E-state index in [1.165, 1.54) is 16.0 Å². The summed E-state index contributed by atoms with van der Waals surface area (Å²) < 4.78 is 69.7. The molecule has 34 heavy (non-hydrogen) atoms. The second kappa shape index (κ2) is 10.7. The van der Waals surface area contributed by atoms with E-state index in [1.807, 2.05) is 54.6 Å². The van der Waals surface area contributed by atoms with Crippen LogP contribution in [0.15, 0.2) is 83.8 Å². The van der Waals surface area contributed by atoms with Crippen LogP contribution in [0.1, 0.15) is 16.7 Å². The van der Waals surface area contributed by atoms with E-state index in [2.05, 4.69) is 31.2 Å². The summed E-state index contributed by atoms with van der Waals surface area (Å²) in [6.45, 7) is 2.41. The Bertz CT molecular complexity index is 1060. The number of hydrogen-bond donors (Lipinski definition) is 0. The Morgan fingerprint density at radius 1 is 0.824 bits per heavy atom. The van der Waals surface area contributed by atoms with Crippen molar-refractivity contribution in [1.29, 1.82) is 0 Å². The first-order valence-corrected chi connectivity index (χ1v) is 12.9. The van der Waals surface area contributed by atoms with Gasteiger partial charge in [-0.3, -0.25) is 4.74 Å². The monoisotopic (exact) mass is 524 g/mol. The molecule has 0 unspecified atom stereocenters. The fraction of sp³-hybridized carbons (Fsp3) is 0.174. The van der Waals surface area contributed by atoms with Crippen LogP contribution in [0.2, 0.25) is 0 Å². The third kappa shape index (κ3) is 13.7. The zero-order valence-electron chi connectivity index (χ0n) is 18.0. The molecule has 0 aliphatic rings. The molecule has 0 saturated heterocycles. The van der Waals surface area contributed by atoms with Crippen molar-refractivity contribution in [3.05, 3.63) is 95.6 Å². The molecule has 3 aromatic carbocycles. The first-order chi connectivity index (χ1) is 15.7. The van der Waals surface area contributed by atoms with Gasteiger partial charge in [-0.05, 0) is 36.6 Å². The first-order valence-electron chi connectivity index (χ1n) is 9.90. The van der Waals surface area contributed by atoms with Gasteiger partial charge in [-0.25, -0.2) is 0 Å². The van der Waals surface area contributed by atoms with Crippen molar-refractivity contribution < 1.29 is 39.4 Å². The topological polar surface area (TPSA) is 39.9 Å². The van der Waals surface area contributed by atoms with Gasteiger partial charge in [-0.2, -0.15) is 0 Å². The molecule has 3 rings (SSSR count). The molecule has 0 spiro atoms. The molecule has 0 fully saturated rings. The fourth-order valence-electron chi connectivity index (χ4n) is 2.62. The molecule has 0 saturated carbocycles. The SMILES string of the molecule is Cc1ccccc1CCSc1ccc(OC(=[OH+])OCc2ccccc2)cc1.F[P-](F)(F)(F)(F)F. The van der Waals surface area contributed by atoms with Crippen LogP contribution in [-0.4, -0.2) is 16.7 Å². The summed E-state index contributed by atoms with van der Waals surface area (Å²) in [6.07, 6.45) is 0.594. The number of carbonyl (C=O) groups excluding carboxylic acids is 1. The van der Waals surface area contributed by atoms with Gasteiger partial charge < -0.3 is 9.53 Å². The Kier molecular flexibility index (Phi) is 8.66. The summed E-state index contributed by atoms with van der Waals surface area (Å²) >= 11 is 1.80. The Labute approximate surface area is 197 Å². The summed E-state index contributed by atoms with van der Waals surface area (Å²) in [6, 6.07) is 25.8. The van der Waals surface area contributed by atoms with Gasteiger partial charge in [-0.15, -0.1) is 11.8 Å². The summed E-state index contributed by atoms with van der Waals surface area (Å²) in [5.41, 5.74) is 3.69. The van der Waals surface area contributed by atoms with Gasteiger partial charge in [0, 0.05) is 28.3 Å². The molecule has 0 atom stereocenters. The minimum absolute atomic E-state index is 0.263.